The van der Waals surface area contributed by atoms with Gasteiger partial charge in [0.2, 0.25) is 5.91 Å². The zero-order chi connectivity index (χ0) is 32.1. The summed E-state index contributed by atoms with van der Waals surface area (Å²) in [5, 5.41) is 16.5. The number of aromatic hydroxyl groups is 1. The number of nitrogens with one attached hydrogen (secondary N) is 1. The topological polar surface area (TPSA) is 113 Å². The second-order valence-corrected chi connectivity index (χ2v) is 11.4. The fourth-order valence-electron chi connectivity index (χ4n) is 5.81. The van der Waals surface area contributed by atoms with Gasteiger partial charge in [0.05, 0.1) is 25.3 Å². The lowest BCUT2D eigenvalue weighted by Gasteiger charge is -2.57. The summed E-state index contributed by atoms with van der Waals surface area (Å²) in [4.78, 5) is 50.5. The molecule has 11 heteroatoms. The van der Waals surface area contributed by atoms with E-state index in [4.69, 9.17) is 0 Å². The smallest absolute Gasteiger partial charge is 0.334 e. The SMILES string of the molecule is C=CCN1CC(=C)N2[C@@H](Cc3ccc(O)cc3)C(=O)N(Cc3cccc(C(=O)N(C)C)n3)C[C@@H]2N1C(=O)NCc1ccccc1. The van der Waals surface area contributed by atoms with Gasteiger partial charge in [-0.05, 0) is 35.4 Å². The first-order chi connectivity index (χ1) is 21.7. The molecule has 2 atom stereocenters. The minimum absolute atomic E-state index is 0.134. The van der Waals surface area contributed by atoms with Gasteiger partial charge >= 0.3 is 6.03 Å². The molecule has 4 amide bonds. The van der Waals surface area contributed by atoms with E-state index in [0.29, 0.717) is 37.4 Å². The number of fused-ring (bicyclic) bond motifs is 1. The minimum atomic E-state index is -0.678. The van der Waals surface area contributed by atoms with E-state index in [9.17, 15) is 19.5 Å². The Labute approximate surface area is 263 Å². The Bertz CT molecular complexity index is 1560. The van der Waals surface area contributed by atoms with Crippen LogP contribution in [0.5, 0.6) is 5.75 Å². The van der Waals surface area contributed by atoms with Crippen LogP contribution < -0.4 is 5.32 Å². The zero-order valence-corrected chi connectivity index (χ0v) is 25.7. The summed E-state index contributed by atoms with van der Waals surface area (Å²) in [6, 6.07) is 20.6. The number of rotatable bonds is 9. The van der Waals surface area contributed by atoms with E-state index < -0.39 is 12.2 Å². The quantitative estimate of drug-likeness (QED) is 0.359. The minimum Gasteiger partial charge on any atom is -0.508 e. The lowest BCUT2D eigenvalue weighted by molar-refractivity contribution is -0.167. The number of phenolic OH excluding ortho intramolecular Hbond substituents is 1. The Morgan fingerprint density at radius 3 is 2.47 bits per heavy atom. The molecular weight excluding hydrogens is 570 g/mol. The maximum atomic E-state index is 14.3. The van der Waals surface area contributed by atoms with Crippen molar-refractivity contribution in [1.29, 1.82) is 0 Å². The number of nitrogens with zero attached hydrogens (tertiary/aromatic N) is 6. The van der Waals surface area contributed by atoms with Crippen LogP contribution in [0.1, 0.15) is 27.3 Å². The van der Waals surface area contributed by atoms with Crippen LogP contribution in [-0.2, 0) is 24.3 Å². The molecule has 45 heavy (non-hydrogen) atoms. The van der Waals surface area contributed by atoms with Gasteiger partial charge in [0.1, 0.15) is 23.7 Å². The van der Waals surface area contributed by atoms with Gasteiger partial charge in [-0.3, -0.25) is 9.59 Å². The van der Waals surface area contributed by atoms with Crippen molar-refractivity contribution in [3.05, 3.63) is 120 Å². The third-order valence-corrected chi connectivity index (χ3v) is 7.94. The first kappa shape index (κ1) is 31.3. The highest BCUT2D eigenvalue weighted by Gasteiger charge is 2.49. The molecule has 0 aliphatic carbocycles. The Kier molecular flexibility index (Phi) is 9.48. The molecular formula is C34H39N7O4. The van der Waals surface area contributed by atoms with Crippen LogP contribution in [0.4, 0.5) is 4.79 Å². The maximum Gasteiger partial charge on any atom is 0.334 e. The Balaban J connectivity index is 1.50. The number of amides is 4. The number of piperazine rings is 1. The van der Waals surface area contributed by atoms with Crippen molar-refractivity contribution in [3.8, 4) is 5.75 Å². The molecule has 2 N–H and O–H groups in total. The number of carbonyl (C=O) groups is 3. The summed E-state index contributed by atoms with van der Waals surface area (Å²) in [6.45, 7) is 9.64. The lowest BCUT2D eigenvalue weighted by Crippen LogP contribution is -2.74. The molecule has 1 aromatic heterocycles. The molecule has 2 aliphatic rings. The number of benzene rings is 2. The predicted molar refractivity (Wildman–Crippen MR) is 170 cm³/mol. The van der Waals surface area contributed by atoms with Gasteiger partial charge in [0.25, 0.3) is 5.91 Å². The van der Waals surface area contributed by atoms with Gasteiger partial charge in [-0.15, -0.1) is 6.58 Å². The summed E-state index contributed by atoms with van der Waals surface area (Å²) < 4.78 is 0. The van der Waals surface area contributed by atoms with E-state index in [1.165, 1.54) is 4.90 Å². The molecule has 2 saturated heterocycles. The second-order valence-electron chi connectivity index (χ2n) is 11.4. The highest BCUT2D eigenvalue weighted by molar-refractivity contribution is 5.92. The van der Waals surface area contributed by atoms with Crippen LogP contribution >= 0.6 is 0 Å². The van der Waals surface area contributed by atoms with Crippen molar-refractivity contribution in [1.82, 2.24) is 35.0 Å². The molecule has 0 bridgehead atoms. The van der Waals surface area contributed by atoms with Crippen molar-refractivity contribution >= 4 is 17.8 Å². The molecule has 3 aromatic rings. The first-order valence-corrected chi connectivity index (χ1v) is 14.8. The van der Waals surface area contributed by atoms with Crippen molar-refractivity contribution in [2.24, 2.45) is 0 Å². The van der Waals surface area contributed by atoms with Gasteiger partial charge in [0.15, 0.2) is 0 Å². The van der Waals surface area contributed by atoms with Gasteiger partial charge < -0.3 is 25.1 Å². The Morgan fingerprint density at radius 2 is 1.78 bits per heavy atom. The summed E-state index contributed by atoms with van der Waals surface area (Å²) in [5.74, 6) is -0.244. The van der Waals surface area contributed by atoms with E-state index in [-0.39, 0.29) is 42.4 Å². The van der Waals surface area contributed by atoms with Crippen LogP contribution in [0.25, 0.3) is 0 Å². The Hall–Kier alpha value is -5.16. The Morgan fingerprint density at radius 1 is 1.04 bits per heavy atom. The maximum absolute atomic E-state index is 14.3. The molecule has 2 aliphatic heterocycles. The number of hydrazine groups is 1. The molecule has 2 fully saturated rings. The van der Waals surface area contributed by atoms with Crippen LogP contribution in [0.3, 0.4) is 0 Å². The number of urea groups is 1. The van der Waals surface area contributed by atoms with Crippen molar-refractivity contribution in [2.75, 3.05) is 33.7 Å². The molecule has 2 aromatic carbocycles. The van der Waals surface area contributed by atoms with Crippen LogP contribution in [0.15, 0.2) is 97.7 Å². The van der Waals surface area contributed by atoms with Crippen molar-refractivity contribution in [3.63, 3.8) is 0 Å². The number of hydrogen-bond donors (Lipinski definition) is 2. The third kappa shape index (κ3) is 6.99. The normalized spacial score (nSPS) is 18.4. The van der Waals surface area contributed by atoms with Gasteiger partial charge in [0, 0.05) is 39.3 Å². The van der Waals surface area contributed by atoms with Crippen LogP contribution in [0, 0.1) is 0 Å². The largest absolute Gasteiger partial charge is 0.508 e. The van der Waals surface area contributed by atoms with Crippen molar-refractivity contribution < 1.29 is 19.5 Å². The first-order valence-electron chi connectivity index (χ1n) is 14.8. The van der Waals surface area contributed by atoms with Gasteiger partial charge in [-0.2, -0.15) is 0 Å². The van der Waals surface area contributed by atoms with Gasteiger partial charge in [-0.1, -0.05) is 61.2 Å². The number of hydrogen-bond acceptors (Lipinski definition) is 7. The molecule has 5 rings (SSSR count). The average Bonchev–Trinajstić information content (AvgIpc) is 3.03. The summed E-state index contributed by atoms with van der Waals surface area (Å²) in [5.41, 5.74) is 3.37. The monoisotopic (exact) mass is 609 g/mol. The van der Waals surface area contributed by atoms with E-state index in [1.54, 1.807) is 72.5 Å². The number of carbonyl (C=O) groups excluding carboxylic acids is 3. The highest BCUT2D eigenvalue weighted by atomic mass is 16.3. The summed E-state index contributed by atoms with van der Waals surface area (Å²) >= 11 is 0. The zero-order valence-electron chi connectivity index (χ0n) is 25.7. The molecule has 0 spiro atoms. The molecule has 0 unspecified atom stereocenters. The lowest BCUT2D eigenvalue weighted by atomic mass is 9.98. The van der Waals surface area contributed by atoms with E-state index in [1.807, 2.05) is 40.2 Å². The standard InChI is InChI=1S/C34H39N7O4/c1-5-18-39-21-24(2)40-30(19-25-14-16-28(42)17-15-25)33(44)38(22-27-12-9-13-29(36-27)32(43)37(3)4)23-31(40)41(39)34(45)35-20-26-10-7-6-8-11-26/h5-17,30-31,42H,1-2,18-23H2,3-4H3,(H,35,45)/t30-,31-/m0/s1. The highest BCUT2D eigenvalue weighted by Crippen LogP contribution is 2.32. The predicted octanol–water partition coefficient (Wildman–Crippen LogP) is 3.21. The molecule has 11 nitrogen and oxygen atoms in total. The number of aromatic nitrogens is 1. The molecule has 0 saturated carbocycles. The molecule has 0 radical (unpaired) electrons. The molecule has 3 heterocycles. The van der Waals surface area contributed by atoms with Crippen LogP contribution in [0.2, 0.25) is 0 Å². The number of phenols is 1. The molecule has 234 valence electrons. The van der Waals surface area contributed by atoms with E-state index in [0.717, 1.165) is 11.1 Å². The summed E-state index contributed by atoms with van der Waals surface area (Å²) in [7, 11) is 3.32. The van der Waals surface area contributed by atoms with Crippen molar-refractivity contribution in [2.45, 2.75) is 31.7 Å². The summed E-state index contributed by atoms with van der Waals surface area (Å²) in [6.07, 6.45) is 1.49. The third-order valence-electron chi connectivity index (χ3n) is 7.94. The fourth-order valence-corrected chi connectivity index (χ4v) is 5.81. The average molecular weight is 610 g/mol. The van der Waals surface area contributed by atoms with E-state index in [2.05, 4.69) is 23.5 Å². The fraction of sp³-hybridized carbons (Fsp3) is 0.294. The second kappa shape index (κ2) is 13.6. The number of pyridine rings is 1. The van der Waals surface area contributed by atoms with Gasteiger partial charge in [-0.25, -0.2) is 19.8 Å². The van der Waals surface area contributed by atoms with Crippen LogP contribution in [-0.4, -0.2) is 98.6 Å². The van der Waals surface area contributed by atoms with E-state index >= 15 is 0 Å².